The van der Waals surface area contributed by atoms with Crippen LogP contribution < -0.4 is 10.5 Å². The summed E-state index contributed by atoms with van der Waals surface area (Å²) in [6.45, 7) is 0.465. The number of allylic oxidation sites excluding steroid dienone is 1. The fourth-order valence-corrected chi connectivity index (χ4v) is 6.16. The van der Waals surface area contributed by atoms with Crippen LogP contribution in [0.5, 0.6) is 5.75 Å². The van der Waals surface area contributed by atoms with Gasteiger partial charge in [0, 0.05) is 17.7 Å². The molecule has 0 aliphatic heterocycles. The highest BCUT2D eigenvalue weighted by Gasteiger charge is 2.41. The Morgan fingerprint density at radius 3 is 1.88 bits per heavy atom. The second-order valence-corrected chi connectivity index (χ2v) is 10.8. The van der Waals surface area contributed by atoms with Gasteiger partial charge in [-0.1, -0.05) is 109 Å². The van der Waals surface area contributed by atoms with E-state index in [1.165, 1.54) is 5.57 Å². The maximum Gasteiger partial charge on any atom is 0.220 e. The fraction of sp³-hybridized carbons (Fsp3) is 0.189. The second kappa shape index (κ2) is 12.3. The smallest absolute Gasteiger partial charge is 0.220 e. The first-order valence-electron chi connectivity index (χ1n) is 14.6. The first-order valence-corrected chi connectivity index (χ1v) is 14.6. The minimum atomic E-state index is -0.647. The maximum atomic E-state index is 11.5. The van der Waals surface area contributed by atoms with Crippen molar-refractivity contribution in [2.24, 2.45) is 11.7 Å². The van der Waals surface area contributed by atoms with Gasteiger partial charge in [-0.3, -0.25) is 4.79 Å². The molecule has 5 nitrogen and oxygen atoms in total. The number of carbonyl (C=O) groups is 1. The normalized spacial score (nSPS) is 15.2. The van der Waals surface area contributed by atoms with Crippen LogP contribution in [0.25, 0.3) is 11.3 Å². The zero-order chi connectivity index (χ0) is 28.8. The number of carbonyl (C=O) groups excluding carboxylic acids is 1. The molecule has 5 aromatic rings. The van der Waals surface area contributed by atoms with Crippen LogP contribution in [0.1, 0.15) is 48.2 Å². The van der Waals surface area contributed by atoms with E-state index in [1.54, 1.807) is 0 Å². The molecule has 0 saturated heterocycles. The average molecular weight is 554 g/mol. The highest BCUT2D eigenvalue weighted by molar-refractivity contribution is 5.76. The van der Waals surface area contributed by atoms with Gasteiger partial charge in [-0.2, -0.15) is 0 Å². The lowest BCUT2D eigenvalue weighted by molar-refractivity contribution is -0.122. The van der Waals surface area contributed by atoms with E-state index in [0.29, 0.717) is 6.61 Å². The molecule has 4 aromatic carbocycles. The Kier molecular flexibility index (Phi) is 8.00. The van der Waals surface area contributed by atoms with Gasteiger partial charge in [0.15, 0.2) is 0 Å². The number of nitrogens with one attached hydrogen (secondary N) is 1. The summed E-state index contributed by atoms with van der Waals surface area (Å²) < 4.78 is 6.30. The van der Waals surface area contributed by atoms with E-state index >= 15 is 0 Å². The SMILES string of the molecule is NC(=O)C1CCC(=CCOc2ccccc2-c2c[nH]c(C(c3ccccc3)(c3ccccc3)c3ccccc3)n2)CC1. The van der Waals surface area contributed by atoms with E-state index in [9.17, 15) is 4.79 Å². The molecule has 5 heteroatoms. The third-order valence-corrected chi connectivity index (χ3v) is 8.36. The molecular weight excluding hydrogens is 518 g/mol. The summed E-state index contributed by atoms with van der Waals surface area (Å²) in [5, 5.41) is 0. The first-order chi connectivity index (χ1) is 20.7. The van der Waals surface area contributed by atoms with Crippen LogP contribution in [-0.4, -0.2) is 22.5 Å². The number of nitrogens with two attached hydrogens (primary N) is 1. The summed E-state index contributed by atoms with van der Waals surface area (Å²) in [5.74, 6) is 1.42. The molecule has 1 aliphatic carbocycles. The molecule has 0 unspecified atom stereocenters. The van der Waals surface area contributed by atoms with Gasteiger partial charge in [-0.25, -0.2) is 4.98 Å². The Labute approximate surface area is 247 Å². The molecule has 1 fully saturated rings. The molecule has 1 saturated carbocycles. The van der Waals surface area contributed by atoms with Crippen LogP contribution in [0.15, 0.2) is 133 Å². The standard InChI is InChI=1S/C37H35N3O2/c38-35(41)28-22-20-27(21-23-28)24-25-42-34-19-11-10-18-32(34)33-26-39-36(40-33)37(29-12-4-1-5-13-29,30-14-6-2-7-15-30)31-16-8-3-9-17-31/h1-19,24,26,28H,20-23,25H2,(H2,38,41)(H,39,40). The third-order valence-electron chi connectivity index (χ3n) is 8.36. The van der Waals surface area contributed by atoms with E-state index in [1.807, 2.05) is 42.6 Å². The van der Waals surface area contributed by atoms with Crippen LogP contribution >= 0.6 is 0 Å². The average Bonchev–Trinajstić information content (AvgIpc) is 3.54. The monoisotopic (exact) mass is 553 g/mol. The number of ether oxygens (including phenoxy) is 1. The number of benzene rings is 4. The van der Waals surface area contributed by atoms with Gasteiger partial charge >= 0.3 is 0 Å². The first kappa shape index (κ1) is 27.3. The Balaban J connectivity index is 1.36. The molecule has 0 atom stereocenters. The number of para-hydroxylation sites is 1. The summed E-state index contributed by atoms with van der Waals surface area (Å²) >= 11 is 0. The van der Waals surface area contributed by atoms with Crippen molar-refractivity contribution < 1.29 is 9.53 Å². The van der Waals surface area contributed by atoms with Crippen molar-refractivity contribution in [1.29, 1.82) is 0 Å². The molecule has 0 spiro atoms. The largest absolute Gasteiger partial charge is 0.489 e. The molecule has 210 valence electrons. The molecule has 42 heavy (non-hydrogen) atoms. The number of rotatable bonds is 9. The topological polar surface area (TPSA) is 81.0 Å². The Morgan fingerprint density at radius 1 is 0.810 bits per heavy atom. The number of nitrogens with zero attached hydrogens (tertiary/aromatic N) is 1. The number of aromatic nitrogens is 2. The molecule has 1 heterocycles. The molecule has 1 amide bonds. The maximum absolute atomic E-state index is 11.5. The number of hydrogen-bond donors (Lipinski definition) is 2. The van der Waals surface area contributed by atoms with Crippen molar-refractivity contribution in [2.75, 3.05) is 6.61 Å². The van der Waals surface area contributed by atoms with Crippen molar-refractivity contribution in [1.82, 2.24) is 9.97 Å². The second-order valence-electron chi connectivity index (χ2n) is 10.8. The van der Waals surface area contributed by atoms with Gasteiger partial charge in [0.1, 0.15) is 23.6 Å². The molecular formula is C37H35N3O2. The minimum absolute atomic E-state index is 0.00701. The van der Waals surface area contributed by atoms with Gasteiger partial charge in [0.05, 0.1) is 5.69 Å². The van der Waals surface area contributed by atoms with Gasteiger partial charge < -0.3 is 15.5 Å². The van der Waals surface area contributed by atoms with Gasteiger partial charge in [0.25, 0.3) is 0 Å². The van der Waals surface area contributed by atoms with Crippen molar-refractivity contribution in [3.05, 3.63) is 156 Å². The molecule has 0 bridgehead atoms. The van der Waals surface area contributed by atoms with Crippen molar-refractivity contribution >= 4 is 5.91 Å². The zero-order valence-electron chi connectivity index (χ0n) is 23.6. The summed E-state index contributed by atoms with van der Waals surface area (Å²) in [5.41, 5.74) is 11.3. The molecule has 1 aromatic heterocycles. The van der Waals surface area contributed by atoms with Gasteiger partial charge in [0.2, 0.25) is 5.91 Å². The zero-order valence-corrected chi connectivity index (χ0v) is 23.6. The summed E-state index contributed by atoms with van der Waals surface area (Å²) in [7, 11) is 0. The number of hydrogen-bond acceptors (Lipinski definition) is 3. The van der Waals surface area contributed by atoms with Crippen molar-refractivity contribution in [3.63, 3.8) is 0 Å². The summed E-state index contributed by atoms with van der Waals surface area (Å²) in [6.07, 6.45) is 7.54. The fourth-order valence-electron chi connectivity index (χ4n) is 6.16. The predicted octanol–water partition coefficient (Wildman–Crippen LogP) is 7.44. The van der Waals surface area contributed by atoms with Crippen LogP contribution in [0.4, 0.5) is 0 Å². The van der Waals surface area contributed by atoms with E-state index in [4.69, 9.17) is 15.5 Å². The number of imidazole rings is 1. The predicted molar refractivity (Wildman–Crippen MR) is 167 cm³/mol. The molecule has 0 radical (unpaired) electrons. The van der Waals surface area contributed by atoms with E-state index in [2.05, 4.69) is 89.9 Å². The molecule has 1 aliphatic rings. The van der Waals surface area contributed by atoms with Gasteiger partial charge in [-0.05, 0) is 60.6 Å². The van der Waals surface area contributed by atoms with Crippen LogP contribution in [0.2, 0.25) is 0 Å². The molecule has 6 rings (SSSR count). The highest BCUT2D eigenvalue weighted by atomic mass is 16.5. The van der Waals surface area contributed by atoms with E-state index < -0.39 is 5.41 Å². The van der Waals surface area contributed by atoms with E-state index in [0.717, 1.165) is 65.2 Å². The number of aromatic amines is 1. The lowest BCUT2D eigenvalue weighted by Crippen LogP contribution is -2.32. The van der Waals surface area contributed by atoms with E-state index in [-0.39, 0.29) is 11.8 Å². The lowest BCUT2D eigenvalue weighted by atomic mass is 9.69. The Morgan fingerprint density at radius 2 is 1.33 bits per heavy atom. The highest BCUT2D eigenvalue weighted by Crippen LogP contribution is 2.44. The number of amides is 1. The van der Waals surface area contributed by atoms with Gasteiger partial charge in [-0.15, -0.1) is 0 Å². The Bertz CT molecular complexity index is 1550. The van der Waals surface area contributed by atoms with Crippen LogP contribution in [0.3, 0.4) is 0 Å². The van der Waals surface area contributed by atoms with Crippen molar-refractivity contribution in [2.45, 2.75) is 31.1 Å². The van der Waals surface area contributed by atoms with Crippen molar-refractivity contribution in [3.8, 4) is 17.0 Å². The number of primary amides is 1. The third kappa shape index (κ3) is 5.38. The van der Waals surface area contributed by atoms with Crippen LogP contribution in [-0.2, 0) is 10.2 Å². The Hall–Kier alpha value is -4.90. The number of H-pyrrole nitrogens is 1. The summed E-state index contributed by atoms with van der Waals surface area (Å²) in [4.78, 5) is 20.4. The molecule has 3 N–H and O–H groups in total. The lowest BCUT2D eigenvalue weighted by Gasteiger charge is -2.34. The summed E-state index contributed by atoms with van der Waals surface area (Å²) in [6, 6.07) is 39.7. The van der Waals surface area contributed by atoms with Crippen LogP contribution in [0, 0.1) is 5.92 Å². The quantitative estimate of drug-likeness (QED) is 0.147. The minimum Gasteiger partial charge on any atom is -0.489 e.